The standard InChI is InChI=1S/C17H24N4O2S/c1-10-6-18-14(13(4)15(10)23-5)8-20-17(22)19-7-11(2)16-21-12(3)9-24-16/h6,9,11H,7-8H2,1-5H3,(H2,19,20,22)/t11-/m1/s1. The molecule has 0 spiro atoms. The molecule has 0 aliphatic heterocycles. The van der Waals surface area contributed by atoms with E-state index >= 15 is 0 Å². The van der Waals surface area contributed by atoms with Crippen LogP contribution in [0.2, 0.25) is 0 Å². The van der Waals surface area contributed by atoms with E-state index in [-0.39, 0.29) is 11.9 Å². The maximum atomic E-state index is 12.0. The molecule has 1 atom stereocenters. The van der Waals surface area contributed by atoms with Crippen molar-refractivity contribution in [3.63, 3.8) is 0 Å². The number of carbonyl (C=O) groups excluding carboxylic acids is 1. The fraction of sp³-hybridized carbons (Fsp3) is 0.471. The Hall–Kier alpha value is -2.15. The van der Waals surface area contributed by atoms with Crippen LogP contribution >= 0.6 is 11.3 Å². The number of hydrogen-bond donors (Lipinski definition) is 2. The minimum atomic E-state index is -0.212. The number of nitrogens with one attached hydrogen (secondary N) is 2. The van der Waals surface area contributed by atoms with Crippen molar-refractivity contribution in [3.8, 4) is 5.75 Å². The van der Waals surface area contributed by atoms with E-state index in [1.807, 2.05) is 26.2 Å². The quantitative estimate of drug-likeness (QED) is 0.841. The number of carbonyl (C=O) groups is 1. The molecular formula is C17H24N4O2S. The summed E-state index contributed by atoms with van der Waals surface area (Å²) in [6.45, 7) is 8.82. The van der Waals surface area contributed by atoms with Crippen molar-refractivity contribution in [2.75, 3.05) is 13.7 Å². The predicted molar refractivity (Wildman–Crippen MR) is 95.8 cm³/mol. The fourth-order valence-corrected chi connectivity index (χ4v) is 3.26. The van der Waals surface area contributed by atoms with E-state index in [0.29, 0.717) is 13.1 Å². The van der Waals surface area contributed by atoms with Gasteiger partial charge in [-0.05, 0) is 20.8 Å². The smallest absolute Gasteiger partial charge is 0.315 e. The highest BCUT2D eigenvalue weighted by Gasteiger charge is 2.13. The Morgan fingerprint density at radius 2 is 2.08 bits per heavy atom. The predicted octanol–water partition coefficient (Wildman–Crippen LogP) is 3.07. The first-order valence-electron chi connectivity index (χ1n) is 7.85. The van der Waals surface area contributed by atoms with Crippen LogP contribution < -0.4 is 15.4 Å². The number of aromatic nitrogens is 2. The van der Waals surface area contributed by atoms with E-state index in [9.17, 15) is 4.79 Å². The van der Waals surface area contributed by atoms with Gasteiger partial charge in [0.15, 0.2) is 0 Å². The summed E-state index contributed by atoms with van der Waals surface area (Å²) < 4.78 is 5.38. The summed E-state index contributed by atoms with van der Waals surface area (Å²) in [5, 5.41) is 8.77. The molecule has 24 heavy (non-hydrogen) atoms. The van der Waals surface area contributed by atoms with Gasteiger partial charge >= 0.3 is 6.03 Å². The number of thiazole rings is 1. The number of aryl methyl sites for hydroxylation is 2. The lowest BCUT2D eigenvalue weighted by molar-refractivity contribution is 0.240. The van der Waals surface area contributed by atoms with Gasteiger partial charge in [0.25, 0.3) is 0 Å². The number of ether oxygens (including phenoxy) is 1. The monoisotopic (exact) mass is 348 g/mol. The molecule has 0 radical (unpaired) electrons. The van der Waals surface area contributed by atoms with Crippen LogP contribution in [-0.4, -0.2) is 29.7 Å². The highest BCUT2D eigenvalue weighted by molar-refractivity contribution is 7.09. The van der Waals surface area contributed by atoms with Gasteiger partial charge in [-0.15, -0.1) is 11.3 Å². The topological polar surface area (TPSA) is 76.1 Å². The summed E-state index contributed by atoms with van der Waals surface area (Å²) in [7, 11) is 1.64. The van der Waals surface area contributed by atoms with E-state index in [0.717, 1.165) is 33.3 Å². The Bertz CT molecular complexity index is 715. The molecular weight excluding hydrogens is 324 g/mol. The molecule has 0 aromatic carbocycles. The largest absolute Gasteiger partial charge is 0.496 e. The number of hydrogen-bond acceptors (Lipinski definition) is 5. The highest BCUT2D eigenvalue weighted by Crippen LogP contribution is 2.23. The number of rotatable bonds is 6. The molecule has 130 valence electrons. The zero-order chi connectivity index (χ0) is 17.7. The van der Waals surface area contributed by atoms with E-state index in [2.05, 4.69) is 27.5 Å². The average molecular weight is 348 g/mol. The third-order valence-corrected chi connectivity index (χ3v) is 4.99. The minimum Gasteiger partial charge on any atom is -0.496 e. The summed E-state index contributed by atoms with van der Waals surface area (Å²) in [6, 6.07) is -0.212. The average Bonchev–Trinajstić information content (AvgIpc) is 2.99. The zero-order valence-electron chi connectivity index (χ0n) is 14.8. The van der Waals surface area contributed by atoms with Gasteiger partial charge in [0.1, 0.15) is 5.75 Å². The van der Waals surface area contributed by atoms with Crippen molar-refractivity contribution in [2.24, 2.45) is 0 Å². The van der Waals surface area contributed by atoms with Crippen LogP contribution in [0.25, 0.3) is 0 Å². The van der Waals surface area contributed by atoms with Crippen molar-refractivity contribution in [1.82, 2.24) is 20.6 Å². The molecule has 0 bridgehead atoms. The van der Waals surface area contributed by atoms with Crippen LogP contribution in [-0.2, 0) is 6.54 Å². The number of methoxy groups -OCH3 is 1. The molecule has 6 nitrogen and oxygen atoms in total. The minimum absolute atomic E-state index is 0.189. The molecule has 0 saturated heterocycles. The van der Waals surface area contributed by atoms with Gasteiger partial charge in [-0.1, -0.05) is 6.92 Å². The summed E-state index contributed by atoms with van der Waals surface area (Å²) in [5.74, 6) is 1.00. The van der Waals surface area contributed by atoms with Gasteiger partial charge in [-0.3, -0.25) is 4.98 Å². The summed E-state index contributed by atoms with van der Waals surface area (Å²) in [5.41, 5.74) is 3.75. The first kappa shape index (κ1) is 18.2. The van der Waals surface area contributed by atoms with Crippen molar-refractivity contribution in [1.29, 1.82) is 0 Å². The zero-order valence-corrected chi connectivity index (χ0v) is 15.6. The fourth-order valence-electron chi connectivity index (χ4n) is 2.41. The molecule has 0 aliphatic carbocycles. The van der Waals surface area contributed by atoms with Crippen molar-refractivity contribution in [2.45, 2.75) is 40.2 Å². The SMILES string of the molecule is COc1c(C)cnc(CNC(=O)NC[C@@H](C)c2nc(C)cs2)c1C. The van der Waals surface area contributed by atoms with Crippen LogP contribution in [0.1, 0.15) is 40.4 Å². The summed E-state index contributed by atoms with van der Waals surface area (Å²) in [6.07, 6.45) is 1.76. The maximum absolute atomic E-state index is 12.0. The van der Waals surface area contributed by atoms with Crippen LogP contribution in [0.4, 0.5) is 4.79 Å². The highest BCUT2D eigenvalue weighted by atomic mass is 32.1. The molecule has 0 saturated carbocycles. The van der Waals surface area contributed by atoms with Crippen LogP contribution in [0, 0.1) is 20.8 Å². The third-order valence-electron chi connectivity index (χ3n) is 3.79. The first-order chi connectivity index (χ1) is 11.4. The Kier molecular flexibility index (Phi) is 6.14. The second-order valence-electron chi connectivity index (χ2n) is 5.84. The third kappa shape index (κ3) is 4.44. The van der Waals surface area contributed by atoms with E-state index in [4.69, 9.17) is 4.74 Å². The number of amides is 2. The van der Waals surface area contributed by atoms with Crippen molar-refractivity contribution in [3.05, 3.63) is 39.1 Å². The second-order valence-corrected chi connectivity index (χ2v) is 6.73. The lowest BCUT2D eigenvalue weighted by Crippen LogP contribution is -2.37. The second kappa shape index (κ2) is 8.10. The molecule has 0 aliphatic rings. The van der Waals surface area contributed by atoms with Gasteiger partial charge in [0, 0.05) is 40.9 Å². The van der Waals surface area contributed by atoms with Crippen LogP contribution in [0.5, 0.6) is 5.75 Å². The molecule has 2 aromatic heterocycles. The Morgan fingerprint density at radius 1 is 1.33 bits per heavy atom. The summed E-state index contributed by atoms with van der Waals surface area (Å²) in [4.78, 5) is 20.8. The van der Waals surface area contributed by atoms with Gasteiger partial charge < -0.3 is 15.4 Å². The Labute approximate surface area is 146 Å². The van der Waals surface area contributed by atoms with Gasteiger partial charge in [-0.25, -0.2) is 9.78 Å². The van der Waals surface area contributed by atoms with E-state index in [1.54, 1.807) is 24.6 Å². The summed E-state index contributed by atoms with van der Waals surface area (Å²) >= 11 is 1.62. The lowest BCUT2D eigenvalue weighted by atomic mass is 10.1. The molecule has 2 heterocycles. The molecule has 2 amide bonds. The van der Waals surface area contributed by atoms with Crippen molar-refractivity contribution >= 4 is 17.4 Å². The normalized spacial score (nSPS) is 11.9. The van der Waals surface area contributed by atoms with Crippen LogP contribution in [0.15, 0.2) is 11.6 Å². The van der Waals surface area contributed by atoms with Gasteiger partial charge in [0.2, 0.25) is 0 Å². The molecule has 2 aromatic rings. The number of nitrogens with zero attached hydrogens (tertiary/aromatic N) is 2. The maximum Gasteiger partial charge on any atom is 0.315 e. The molecule has 2 N–H and O–H groups in total. The molecule has 7 heteroatoms. The van der Waals surface area contributed by atoms with Gasteiger partial charge in [0.05, 0.1) is 24.4 Å². The first-order valence-corrected chi connectivity index (χ1v) is 8.73. The molecule has 2 rings (SSSR count). The van der Waals surface area contributed by atoms with Crippen LogP contribution in [0.3, 0.4) is 0 Å². The number of urea groups is 1. The molecule has 0 unspecified atom stereocenters. The van der Waals surface area contributed by atoms with E-state index in [1.165, 1.54) is 0 Å². The Balaban J connectivity index is 1.85. The number of pyridine rings is 1. The van der Waals surface area contributed by atoms with Crippen molar-refractivity contribution < 1.29 is 9.53 Å². The molecule has 0 fully saturated rings. The van der Waals surface area contributed by atoms with Gasteiger partial charge in [-0.2, -0.15) is 0 Å². The Morgan fingerprint density at radius 3 is 2.71 bits per heavy atom. The van der Waals surface area contributed by atoms with E-state index < -0.39 is 0 Å². The lowest BCUT2D eigenvalue weighted by Gasteiger charge is -2.14.